The maximum Gasteiger partial charge on any atom is 0.147 e. The highest BCUT2D eigenvalue weighted by molar-refractivity contribution is 5.95. The van der Waals surface area contributed by atoms with E-state index < -0.39 is 11.2 Å². The summed E-state index contributed by atoms with van der Waals surface area (Å²) in [7, 11) is 0. The Morgan fingerprint density at radius 1 is 0.571 bits per heavy atom. The van der Waals surface area contributed by atoms with Crippen molar-refractivity contribution in [3.63, 3.8) is 0 Å². The van der Waals surface area contributed by atoms with E-state index in [1.807, 2.05) is 24.3 Å². The molecule has 8 aliphatic rings. The average molecular weight is 577 g/mol. The summed E-state index contributed by atoms with van der Waals surface area (Å²) in [5.74, 6) is 1.51. The van der Waals surface area contributed by atoms with Crippen molar-refractivity contribution < 1.29 is 27.8 Å². The van der Waals surface area contributed by atoms with Crippen molar-refractivity contribution in [2.45, 2.75) is 78.4 Å². The lowest BCUT2D eigenvalue weighted by Crippen LogP contribution is -2.45. The molecule has 4 aliphatic heterocycles. The van der Waals surface area contributed by atoms with Crippen LogP contribution in [0.3, 0.4) is 0 Å². The zero-order chi connectivity index (χ0) is 30.1. The second-order valence-electron chi connectivity index (χ2n) is 15.5. The molecule has 0 N–H and O–H groups in total. The molecule has 2 aromatic carbocycles. The molecule has 10 rings (SSSR count). The minimum absolute atomic E-state index is 0.184. The van der Waals surface area contributed by atoms with Crippen LogP contribution in [0, 0.1) is 57.0 Å². The van der Waals surface area contributed by atoms with Crippen LogP contribution in [0.4, 0.5) is 8.78 Å². The predicted molar refractivity (Wildman–Crippen MR) is 154 cm³/mol. The van der Waals surface area contributed by atoms with Crippen molar-refractivity contribution in [2.75, 3.05) is 13.2 Å². The molecule has 4 nitrogen and oxygen atoms in total. The van der Waals surface area contributed by atoms with E-state index in [9.17, 15) is 18.4 Å². The lowest BCUT2D eigenvalue weighted by atomic mass is 9.61. The molecule has 4 saturated carbocycles. The fraction of sp³-hybridized carbons (Fsp3) is 0.611. The van der Waals surface area contributed by atoms with Gasteiger partial charge in [0.1, 0.15) is 23.2 Å². The minimum atomic E-state index is -0.499. The highest BCUT2D eigenvalue weighted by Gasteiger charge is 2.73. The first-order valence-electron chi connectivity index (χ1n) is 15.5. The summed E-state index contributed by atoms with van der Waals surface area (Å²) in [4.78, 5) is 25.9. The van der Waals surface area contributed by atoms with Gasteiger partial charge in [0.15, 0.2) is 0 Å². The SMILES string of the molecule is C[C@]12CO[C@](C)(c3ccc(F)cc3)[C@@H]3C[C@H]1C[C@]3(C)C2=O.C[C@]12CO[C@](C)(c3ccc(F)cc3)[C@@H]3C[C@H]1C[C@]3(C)C2=O. The number of carbonyl (C=O) groups excluding carboxylic acids is 2. The molecule has 0 aromatic heterocycles. The fourth-order valence-electron chi connectivity index (χ4n) is 10.7. The van der Waals surface area contributed by atoms with Crippen LogP contribution in [-0.4, -0.2) is 24.8 Å². The number of fused-ring (bicyclic) bond motifs is 4. The number of rotatable bonds is 2. The minimum Gasteiger partial charge on any atom is -0.369 e. The van der Waals surface area contributed by atoms with Crippen LogP contribution in [0.25, 0.3) is 0 Å². The number of carbonyl (C=O) groups is 2. The van der Waals surface area contributed by atoms with E-state index in [4.69, 9.17) is 9.47 Å². The molecular weight excluding hydrogens is 534 g/mol. The average Bonchev–Trinajstić information content (AvgIpc) is 3.56. The topological polar surface area (TPSA) is 52.6 Å². The predicted octanol–water partition coefficient (Wildman–Crippen LogP) is 7.39. The van der Waals surface area contributed by atoms with Gasteiger partial charge in [-0.25, -0.2) is 8.78 Å². The van der Waals surface area contributed by atoms with Crippen molar-refractivity contribution in [2.24, 2.45) is 45.3 Å². The van der Waals surface area contributed by atoms with E-state index >= 15 is 0 Å². The molecule has 4 heterocycles. The summed E-state index contributed by atoms with van der Waals surface area (Å²) in [5.41, 5.74) is -0.272. The van der Waals surface area contributed by atoms with Gasteiger partial charge in [0, 0.05) is 22.7 Å². The summed E-state index contributed by atoms with van der Waals surface area (Å²) < 4.78 is 39.1. The van der Waals surface area contributed by atoms with Gasteiger partial charge in [0.2, 0.25) is 0 Å². The summed E-state index contributed by atoms with van der Waals surface area (Å²) in [6.07, 6.45) is 4.03. The summed E-state index contributed by atoms with van der Waals surface area (Å²) >= 11 is 0. The molecular formula is C36H42F2O4. The first-order chi connectivity index (χ1) is 19.6. The van der Waals surface area contributed by atoms with Gasteiger partial charge >= 0.3 is 0 Å². The molecule has 4 saturated heterocycles. The second kappa shape index (κ2) is 8.59. The smallest absolute Gasteiger partial charge is 0.147 e. The van der Waals surface area contributed by atoms with Crippen LogP contribution in [-0.2, 0) is 30.3 Å². The lowest BCUT2D eigenvalue weighted by Gasteiger charge is -2.42. The normalized spacial score (nSPS) is 47.9. The molecule has 224 valence electrons. The number of hydrogen-bond acceptors (Lipinski definition) is 4. The van der Waals surface area contributed by atoms with E-state index in [1.165, 1.54) is 24.3 Å². The number of ether oxygens (including phenoxy) is 2. The van der Waals surface area contributed by atoms with Crippen molar-refractivity contribution in [3.05, 3.63) is 71.3 Å². The first kappa shape index (κ1) is 28.3. The van der Waals surface area contributed by atoms with Crippen molar-refractivity contribution in [3.8, 4) is 0 Å². The van der Waals surface area contributed by atoms with Gasteiger partial charge in [-0.05, 0) is 86.8 Å². The first-order valence-corrected chi connectivity index (χ1v) is 15.5. The molecule has 0 spiro atoms. The van der Waals surface area contributed by atoms with Gasteiger partial charge in [0.05, 0.1) is 35.2 Å². The molecule has 0 radical (unpaired) electrons. The number of halogens is 2. The Labute approximate surface area is 247 Å². The highest BCUT2D eigenvalue weighted by atomic mass is 19.1. The van der Waals surface area contributed by atoms with Crippen LogP contribution < -0.4 is 0 Å². The van der Waals surface area contributed by atoms with Gasteiger partial charge in [-0.1, -0.05) is 52.0 Å². The van der Waals surface area contributed by atoms with Gasteiger partial charge < -0.3 is 9.47 Å². The van der Waals surface area contributed by atoms with Crippen LogP contribution in [0.15, 0.2) is 48.5 Å². The Hall–Kier alpha value is -2.44. The monoisotopic (exact) mass is 576 g/mol. The van der Waals surface area contributed by atoms with Crippen LogP contribution in [0.5, 0.6) is 0 Å². The molecule has 8 bridgehead atoms. The Kier molecular flexibility index (Phi) is 5.80. The molecule has 2 aromatic rings. The summed E-state index contributed by atoms with van der Waals surface area (Å²) in [5, 5.41) is 0. The van der Waals surface area contributed by atoms with Gasteiger partial charge in [-0.2, -0.15) is 0 Å². The van der Waals surface area contributed by atoms with Crippen LogP contribution >= 0.6 is 0 Å². The molecule has 8 fully saturated rings. The molecule has 6 heteroatoms. The van der Waals surface area contributed by atoms with Crippen LogP contribution in [0.2, 0.25) is 0 Å². The zero-order valence-corrected chi connectivity index (χ0v) is 25.6. The number of benzene rings is 2. The third kappa shape index (κ3) is 3.40. The molecule has 10 atom stereocenters. The van der Waals surface area contributed by atoms with Gasteiger partial charge in [-0.3, -0.25) is 9.59 Å². The highest BCUT2D eigenvalue weighted by Crippen LogP contribution is 2.70. The van der Waals surface area contributed by atoms with E-state index in [-0.39, 0.29) is 45.1 Å². The third-order valence-electron chi connectivity index (χ3n) is 13.3. The van der Waals surface area contributed by atoms with Crippen LogP contribution in [0.1, 0.15) is 78.4 Å². The van der Waals surface area contributed by atoms with Crippen molar-refractivity contribution >= 4 is 11.6 Å². The summed E-state index contributed by atoms with van der Waals surface area (Å²) in [6.45, 7) is 13.5. The third-order valence-corrected chi connectivity index (χ3v) is 13.3. The fourth-order valence-corrected chi connectivity index (χ4v) is 10.7. The maximum atomic E-state index is 13.2. The van der Waals surface area contributed by atoms with Crippen molar-refractivity contribution in [1.82, 2.24) is 0 Å². The molecule has 0 amide bonds. The quantitative estimate of drug-likeness (QED) is 0.374. The van der Waals surface area contributed by atoms with Gasteiger partial charge in [0.25, 0.3) is 0 Å². The molecule has 4 aliphatic carbocycles. The molecule has 42 heavy (non-hydrogen) atoms. The number of hydrogen-bond donors (Lipinski definition) is 0. The maximum absolute atomic E-state index is 13.2. The standard InChI is InChI=1S/2C18H21FO2/c2*1-16-9-12-8-14(16)18(3,11-4-6-13(19)7-5-11)21-10-17(12,2)15(16)20/h2*4-7,12,14H,8-10H2,1-3H3/t2*12-,14+,16-,17-,18+/m00/s1. The second-order valence-corrected chi connectivity index (χ2v) is 15.5. The number of Topliss-reactive ketones (excluding diaryl/α,β-unsaturated/α-hetero) is 2. The Morgan fingerprint density at radius 3 is 1.21 bits per heavy atom. The Bertz CT molecular complexity index is 1360. The van der Waals surface area contributed by atoms with E-state index in [2.05, 4.69) is 41.5 Å². The van der Waals surface area contributed by atoms with E-state index in [0.717, 1.165) is 36.8 Å². The zero-order valence-electron chi connectivity index (χ0n) is 25.6. The van der Waals surface area contributed by atoms with Crippen molar-refractivity contribution in [1.29, 1.82) is 0 Å². The van der Waals surface area contributed by atoms with Gasteiger partial charge in [-0.15, -0.1) is 0 Å². The molecule has 0 unspecified atom stereocenters. The number of ketones is 2. The Morgan fingerprint density at radius 2 is 0.905 bits per heavy atom. The van der Waals surface area contributed by atoms with E-state index in [1.54, 1.807) is 0 Å². The van der Waals surface area contributed by atoms with E-state index in [0.29, 0.717) is 36.6 Å². The largest absolute Gasteiger partial charge is 0.369 e. The lowest BCUT2D eigenvalue weighted by molar-refractivity contribution is -0.138. The summed E-state index contributed by atoms with van der Waals surface area (Å²) in [6, 6.07) is 13.2. The Balaban J connectivity index is 0.000000137.